The second-order valence-corrected chi connectivity index (χ2v) is 7.96. The number of halogens is 2. The molecule has 1 atom stereocenters. The second kappa shape index (κ2) is 8.07. The van der Waals surface area contributed by atoms with Crippen LogP contribution in [0.1, 0.15) is 48.4 Å². The molecule has 1 aliphatic carbocycles. The van der Waals surface area contributed by atoms with Crippen molar-refractivity contribution in [3.8, 4) is 0 Å². The van der Waals surface area contributed by atoms with Crippen molar-refractivity contribution in [3.63, 3.8) is 0 Å². The SMILES string of the molecule is Fc1cccc(Cl)c1CN1CCC(NCC2CCCc3[nH]ncc32)CC1. The van der Waals surface area contributed by atoms with Gasteiger partial charge < -0.3 is 5.32 Å². The molecule has 140 valence electrons. The number of aromatic nitrogens is 2. The Balaban J connectivity index is 1.26. The molecule has 2 N–H and O–H groups in total. The van der Waals surface area contributed by atoms with E-state index in [-0.39, 0.29) is 5.82 Å². The number of H-pyrrole nitrogens is 1. The van der Waals surface area contributed by atoms with E-state index in [1.165, 1.54) is 30.2 Å². The molecule has 2 aromatic rings. The zero-order chi connectivity index (χ0) is 17.9. The molecule has 0 saturated carbocycles. The Hall–Kier alpha value is -1.43. The number of aryl methyl sites for hydroxylation is 1. The van der Waals surface area contributed by atoms with Crippen molar-refractivity contribution >= 4 is 11.6 Å². The van der Waals surface area contributed by atoms with Crippen LogP contribution in [0.25, 0.3) is 0 Å². The predicted octanol–water partition coefficient (Wildman–Crippen LogP) is 3.88. The molecule has 1 fully saturated rings. The molecular weight excluding hydrogens is 351 g/mol. The maximum Gasteiger partial charge on any atom is 0.129 e. The topological polar surface area (TPSA) is 44.0 Å². The van der Waals surface area contributed by atoms with Gasteiger partial charge in [0.25, 0.3) is 0 Å². The average Bonchev–Trinajstić information content (AvgIpc) is 3.13. The molecule has 1 unspecified atom stereocenters. The van der Waals surface area contributed by atoms with E-state index in [0.29, 0.717) is 29.1 Å². The molecule has 26 heavy (non-hydrogen) atoms. The lowest BCUT2D eigenvalue weighted by Gasteiger charge is -2.34. The van der Waals surface area contributed by atoms with Crippen LogP contribution in [-0.4, -0.2) is 40.8 Å². The molecule has 1 aliphatic heterocycles. The standard InChI is InChI=1S/C20H26ClFN4/c21-18-4-2-5-19(22)17(18)13-26-9-7-15(8-10-26)23-11-14-3-1-6-20-16(14)12-24-25-20/h2,4-5,12,14-15,23H,1,3,6-11,13H2,(H,24,25). The van der Waals surface area contributed by atoms with Gasteiger partial charge in [0.15, 0.2) is 0 Å². The zero-order valence-corrected chi connectivity index (χ0v) is 15.7. The van der Waals surface area contributed by atoms with Crippen LogP contribution in [0.15, 0.2) is 24.4 Å². The fraction of sp³-hybridized carbons (Fsp3) is 0.550. The number of benzene rings is 1. The number of likely N-dealkylation sites (tertiary alicyclic amines) is 1. The van der Waals surface area contributed by atoms with Gasteiger partial charge in [0, 0.05) is 35.4 Å². The first-order chi connectivity index (χ1) is 12.7. The Kier molecular flexibility index (Phi) is 5.57. The summed E-state index contributed by atoms with van der Waals surface area (Å²) in [7, 11) is 0. The fourth-order valence-electron chi connectivity index (χ4n) is 4.28. The first-order valence-corrected chi connectivity index (χ1v) is 9.99. The van der Waals surface area contributed by atoms with E-state index in [0.717, 1.165) is 38.9 Å². The molecule has 2 heterocycles. The number of fused-ring (bicyclic) bond motifs is 1. The van der Waals surface area contributed by atoms with Crippen molar-refractivity contribution in [2.24, 2.45) is 0 Å². The normalized spacial score (nSPS) is 21.7. The lowest BCUT2D eigenvalue weighted by atomic mass is 9.87. The summed E-state index contributed by atoms with van der Waals surface area (Å²) >= 11 is 6.16. The highest BCUT2D eigenvalue weighted by atomic mass is 35.5. The number of nitrogens with one attached hydrogen (secondary N) is 2. The third-order valence-electron chi connectivity index (χ3n) is 5.85. The Morgan fingerprint density at radius 3 is 2.92 bits per heavy atom. The van der Waals surface area contributed by atoms with E-state index in [9.17, 15) is 4.39 Å². The van der Waals surface area contributed by atoms with Gasteiger partial charge in [-0.3, -0.25) is 10.00 Å². The van der Waals surface area contributed by atoms with Crippen LogP contribution in [0.5, 0.6) is 0 Å². The number of piperidine rings is 1. The molecule has 0 amide bonds. The van der Waals surface area contributed by atoms with Gasteiger partial charge in [0.1, 0.15) is 5.82 Å². The van der Waals surface area contributed by atoms with Crippen LogP contribution in [-0.2, 0) is 13.0 Å². The Bertz CT molecular complexity index is 719. The largest absolute Gasteiger partial charge is 0.313 e. The highest BCUT2D eigenvalue weighted by Gasteiger charge is 2.25. The van der Waals surface area contributed by atoms with E-state index in [1.54, 1.807) is 12.1 Å². The summed E-state index contributed by atoms with van der Waals surface area (Å²) in [5, 5.41) is 11.6. The lowest BCUT2D eigenvalue weighted by molar-refractivity contribution is 0.187. The summed E-state index contributed by atoms with van der Waals surface area (Å²) in [6.07, 6.45) is 7.80. The Morgan fingerprint density at radius 2 is 2.12 bits per heavy atom. The van der Waals surface area contributed by atoms with E-state index in [2.05, 4.69) is 20.4 Å². The van der Waals surface area contributed by atoms with Gasteiger partial charge in [-0.2, -0.15) is 5.10 Å². The maximum atomic E-state index is 14.0. The average molecular weight is 377 g/mol. The molecule has 2 aliphatic rings. The molecule has 0 bridgehead atoms. The third kappa shape index (κ3) is 3.95. The van der Waals surface area contributed by atoms with Crippen molar-refractivity contribution in [2.75, 3.05) is 19.6 Å². The smallest absolute Gasteiger partial charge is 0.129 e. The van der Waals surface area contributed by atoms with Crippen molar-refractivity contribution in [2.45, 2.75) is 50.6 Å². The van der Waals surface area contributed by atoms with Gasteiger partial charge >= 0.3 is 0 Å². The summed E-state index contributed by atoms with van der Waals surface area (Å²) < 4.78 is 14.0. The number of nitrogens with zero attached hydrogens (tertiary/aromatic N) is 2. The molecule has 1 aromatic heterocycles. The number of hydrogen-bond donors (Lipinski definition) is 2. The van der Waals surface area contributed by atoms with Crippen molar-refractivity contribution in [1.29, 1.82) is 0 Å². The molecule has 4 rings (SSSR count). The Morgan fingerprint density at radius 1 is 1.27 bits per heavy atom. The first kappa shape index (κ1) is 18.0. The lowest BCUT2D eigenvalue weighted by Crippen LogP contribution is -2.43. The van der Waals surface area contributed by atoms with Crippen LogP contribution < -0.4 is 5.32 Å². The number of aromatic amines is 1. The molecular formula is C20H26ClFN4. The van der Waals surface area contributed by atoms with Crippen molar-refractivity contribution < 1.29 is 4.39 Å². The van der Waals surface area contributed by atoms with Crippen molar-refractivity contribution in [3.05, 3.63) is 52.1 Å². The first-order valence-electron chi connectivity index (χ1n) is 9.61. The van der Waals surface area contributed by atoms with E-state index >= 15 is 0 Å². The van der Waals surface area contributed by atoms with Crippen LogP contribution in [0.3, 0.4) is 0 Å². The van der Waals surface area contributed by atoms with Crippen LogP contribution in [0.2, 0.25) is 5.02 Å². The van der Waals surface area contributed by atoms with Gasteiger partial charge in [0.05, 0.1) is 6.20 Å². The quantitative estimate of drug-likeness (QED) is 0.832. The summed E-state index contributed by atoms with van der Waals surface area (Å²) in [6, 6.07) is 5.46. The molecule has 4 nitrogen and oxygen atoms in total. The van der Waals surface area contributed by atoms with E-state index < -0.39 is 0 Å². The van der Waals surface area contributed by atoms with Gasteiger partial charge in [-0.15, -0.1) is 0 Å². The summed E-state index contributed by atoms with van der Waals surface area (Å²) in [4.78, 5) is 2.30. The van der Waals surface area contributed by atoms with E-state index in [4.69, 9.17) is 11.6 Å². The zero-order valence-electron chi connectivity index (χ0n) is 15.0. The van der Waals surface area contributed by atoms with Crippen molar-refractivity contribution in [1.82, 2.24) is 20.4 Å². The third-order valence-corrected chi connectivity index (χ3v) is 6.21. The molecule has 6 heteroatoms. The van der Waals surface area contributed by atoms with Gasteiger partial charge in [-0.25, -0.2) is 4.39 Å². The summed E-state index contributed by atoms with van der Waals surface area (Å²) in [5.41, 5.74) is 3.34. The highest BCUT2D eigenvalue weighted by molar-refractivity contribution is 6.31. The molecule has 1 aromatic carbocycles. The maximum absolute atomic E-state index is 14.0. The molecule has 0 spiro atoms. The van der Waals surface area contributed by atoms with Crippen LogP contribution >= 0.6 is 11.6 Å². The summed E-state index contributed by atoms with van der Waals surface area (Å²) in [6.45, 7) is 3.57. The van der Waals surface area contributed by atoms with Gasteiger partial charge in [0.2, 0.25) is 0 Å². The van der Waals surface area contributed by atoms with Crippen LogP contribution in [0.4, 0.5) is 4.39 Å². The predicted molar refractivity (Wildman–Crippen MR) is 102 cm³/mol. The van der Waals surface area contributed by atoms with Gasteiger partial charge in [-0.1, -0.05) is 17.7 Å². The second-order valence-electron chi connectivity index (χ2n) is 7.55. The molecule has 0 radical (unpaired) electrons. The van der Waals surface area contributed by atoms with Crippen LogP contribution in [0, 0.1) is 5.82 Å². The Labute approximate surface area is 159 Å². The monoisotopic (exact) mass is 376 g/mol. The van der Waals surface area contributed by atoms with Gasteiger partial charge in [-0.05, 0) is 68.8 Å². The minimum Gasteiger partial charge on any atom is -0.313 e. The molecule has 1 saturated heterocycles. The highest BCUT2D eigenvalue weighted by Crippen LogP contribution is 2.30. The minimum atomic E-state index is -0.203. The number of hydrogen-bond acceptors (Lipinski definition) is 3. The number of rotatable bonds is 5. The fourth-order valence-corrected chi connectivity index (χ4v) is 4.50. The van der Waals surface area contributed by atoms with E-state index in [1.807, 2.05) is 6.20 Å². The minimum absolute atomic E-state index is 0.203. The summed E-state index contributed by atoms with van der Waals surface area (Å²) in [5.74, 6) is 0.374.